The standard InChI is InChI=1S/C49H34N2O2/c1-2-31-28-43(35-22-24-42-40-18-10-12-20-45(40)53-47(42)30-35)50-49(33-15-7-4-8-16-33)51-48(31)38-26-36(32-13-5-3-6-14-32)25-37(27-38)34-21-23-41-39-17-9-11-19-44(39)52-46(41)29-34/h3-31H,2H2,1H3. The third kappa shape index (κ3) is 5.56. The van der Waals surface area contributed by atoms with Crippen molar-refractivity contribution >= 4 is 61.1 Å². The van der Waals surface area contributed by atoms with E-state index in [0.29, 0.717) is 5.84 Å². The lowest BCUT2D eigenvalue weighted by atomic mass is 9.88. The Kier molecular flexibility index (Phi) is 7.47. The number of hydrogen-bond donors (Lipinski definition) is 0. The Labute approximate surface area is 307 Å². The van der Waals surface area contributed by atoms with Crippen LogP contribution >= 0.6 is 0 Å². The van der Waals surface area contributed by atoms with Gasteiger partial charge in [-0.1, -0.05) is 116 Å². The molecule has 10 rings (SSSR count). The normalized spacial score (nSPS) is 14.7. The zero-order chi connectivity index (χ0) is 35.3. The first-order chi connectivity index (χ1) is 26.2. The second kappa shape index (κ2) is 12.8. The molecule has 0 aliphatic carbocycles. The van der Waals surface area contributed by atoms with Crippen LogP contribution in [0.15, 0.2) is 189 Å². The highest BCUT2D eigenvalue weighted by Gasteiger charge is 2.23. The minimum Gasteiger partial charge on any atom is -0.456 e. The van der Waals surface area contributed by atoms with E-state index in [0.717, 1.165) is 101 Å². The molecule has 9 aromatic rings. The minimum atomic E-state index is -0.00180. The van der Waals surface area contributed by atoms with Crippen molar-refractivity contribution < 1.29 is 8.83 Å². The van der Waals surface area contributed by atoms with E-state index in [4.69, 9.17) is 18.8 Å². The molecule has 0 fully saturated rings. The van der Waals surface area contributed by atoms with Gasteiger partial charge in [0.1, 0.15) is 22.3 Å². The van der Waals surface area contributed by atoms with Crippen molar-refractivity contribution in [2.75, 3.05) is 0 Å². The van der Waals surface area contributed by atoms with Gasteiger partial charge in [0, 0.05) is 38.6 Å². The molecule has 1 unspecified atom stereocenters. The first-order valence-electron chi connectivity index (χ1n) is 18.2. The maximum atomic E-state index is 6.33. The van der Waals surface area contributed by atoms with Crippen LogP contribution in [0.25, 0.3) is 71.8 Å². The third-order valence-electron chi connectivity index (χ3n) is 10.4. The molecule has 0 saturated carbocycles. The first kappa shape index (κ1) is 31.0. The molecule has 0 spiro atoms. The van der Waals surface area contributed by atoms with Crippen molar-refractivity contribution in [1.29, 1.82) is 0 Å². The van der Waals surface area contributed by atoms with E-state index in [2.05, 4.69) is 134 Å². The Morgan fingerprint density at radius 3 is 1.57 bits per heavy atom. The summed E-state index contributed by atoms with van der Waals surface area (Å²) in [6, 6.07) is 57.1. The zero-order valence-corrected chi connectivity index (χ0v) is 29.2. The van der Waals surface area contributed by atoms with E-state index < -0.39 is 0 Å². The number of fused-ring (bicyclic) bond motifs is 6. The van der Waals surface area contributed by atoms with Crippen LogP contribution in [0, 0.1) is 5.92 Å². The molecule has 3 heterocycles. The summed E-state index contributed by atoms with van der Waals surface area (Å²) < 4.78 is 12.6. The second-order valence-electron chi connectivity index (χ2n) is 13.6. The lowest BCUT2D eigenvalue weighted by Gasteiger charge is -2.17. The molecule has 53 heavy (non-hydrogen) atoms. The van der Waals surface area contributed by atoms with Gasteiger partial charge in [0.15, 0.2) is 5.84 Å². The number of benzene rings is 7. The summed E-state index contributed by atoms with van der Waals surface area (Å²) in [6.45, 7) is 2.22. The van der Waals surface area contributed by atoms with E-state index in [1.165, 1.54) is 0 Å². The van der Waals surface area contributed by atoms with Crippen LogP contribution in [0.2, 0.25) is 0 Å². The predicted molar refractivity (Wildman–Crippen MR) is 220 cm³/mol. The Balaban J connectivity index is 1.15. The van der Waals surface area contributed by atoms with Crippen LogP contribution in [-0.2, 0) is 0 Å². The van der Waals surface area contributed by atoms with Crippen molar-refractivity contribution in [2.45, 2.75) is 13.3 Å². The summed E-state index contributed by atoms with van der Waals surface area (Å²) in [6.07, 6.45) is 3.14. The number of hydrogen-bond acceptors (Lipinski definition) is 4. The number of furan rings is 2. The molecular weight excluding hydrogens is 649 g/mol. The highest BCUT2D eigenvalue weighted by Crippen LogP contribution is 2.37. The smallest absolute Gasteiger partial charge is 0.160 e. The molecular formula is C49H34N2O2. The molecule has 2 aromatic heterocycles. The monoisotopic (exact) mass is 682 g/mol. The van der Waals surface area contributed by atoms with Gasteiger partial charge in [0.05, 0.1) is 11.4 Å². The fraction of sp³-hybridized carbons (Fsp3) is 0.0612. The lowest BCUT2D eigenvalue weighted by molar-refractivity contribution is 0.668. The number of rotatable bonds is 6. The zero-order valence-electron chi connectivity index (χ0n) is 29.2. The van der Waals surface area contributed by atoms with Crippen LogP contribution in [-0.4, -0.2) is 11.5 Å². The van der Waals surface area contributed by atoms with E-state index in [1.54, 1.807) is 0 Å². The van der Waals surface area contributed by atoms with Crippen LogP contribution in [0.3, 0.4) is 0 Å². The van der Waals surface area contributed by atoms with Gasteiger partial charge in [-0.3, -0.25) is 0 Å². The number of amidine groups is 1. The fourth-order valence-corrected chi connectivity index (χ4v) is 7.64. The number of para-hydroxylation sites is 2. The summed E-state index contributed by atoms with van der Waals surface area (Å²) in [5.74, 6) is 0.681. The largest absolute Gasteiger partial charge is 0.456 e. The third-order valence-corrected chi connectivity index (χ3v) is 10.4. The maximum absolute atomic E-state index is 6.33. The minimum absolute atomic E-state index is 0.00180. The fourth-order valence-electron chi connectivity index (χ4n) is 7.64. The van der Waals surface area contributed by atoms with Gasteiger partial charge in [-0.15, -0.1) is 0 Å². The molecule has 0 bridgehead atoms. The number of aliphatic imine (C=N–C) groups is 2. The van der Waals surface area contributed by atoms with E-state index in [-0.39, 0.29) is 5.92 Å². The molecule has 7 aromatic carbocycles. The highest BCUT2D eigenvalue weighted by molar-refractivity contribution is 6.17. The second-order valence-corrected chi connectivity index (χ2v) is 13.6. The van der Waals surface area contributed by atoms with Gasteiger partial charge in [0.25, 0.3) is 0 Å². The summed E-state index contributed by atoms with van der Waals surface area (Å²) in [5.41, 5.74) is 12.9. The average Bonchev–Trinajstić information content (AvgIpc) is 3.71. The Bertz CT molecular complexity index is 2930. The molecule has 1 aliphatic rings. The van der Waals surface area contributed by atoms with E-state index >= 15 is 0 Å². The van der Waals surface area contributed by atoms with Crippen molar-refractivity contribution in [3.05, 3.63) is 187 Å². The number of allylic oxidation sites excluding steroid dienone is 1. The Morgan fingerprint density at radius 2 is 0.925 bits per heavy atom. The summed E-state index contributed by atoms with van der Waals surface area (Å²) in [4.78, 5) is 10.8. The van der Waals surface area contributed by atoms with Gasteiger partial charge >= 0.3 is 0 Å². The van der Waals surface area contributed by atoms with E-state index in [1.807, 2.05) is 42.5 Å². The molecule has 1 atom stereocenters. The summed E-state index contributed by atoms with van der Waals surface area (Å²) in [7, 11) is 0. The van der Waals surface area contributed by atoms with Crippen LogP contribution in [0.1, 0.15) is 30.0 Å². The summed E-state index contributed by atoms with van der Waals surface area (Å²) >= 11 is 0. The SMILES string of the molecule is CCC1C=C(c2ccc3c(c2)oc2ccccc23)N=C(c2ccccc2)N=C1c1cc(-c2ccccc2)cc(-c2ccc3c(c2)oc2ccccc23)c1. The van der Waals surface area contributed by atoms with Gasteiger partial charge in [-0.2, -0.15) is 0 Å². The maximum Gasteiger partial charge on any atom is 0.160 e. The Hall–Kier alpha value is -6.78. The number of nitrogens with zero attached hydrogens (tertiary/aromatic N) is 2. The molecule has 0 saturated heterocycles. The van der Waals surface area contributed by atoms with Crippen molar-refractivity contribution in [3.8, 4) is 22.3 Å². The molecule has 0 N–H and O–H groups in total. The molecule has 4 heteroatoms. The lowest BCUT2D eigenvalue weighted by Crippen LogP contribution is -2.15. The van der Waals surface area contributed by atoms with Crippen LogP contribution in [0.5, 0.6) is 0 Å². The van der Waals surface area contributed by atoms with Crippen LogP contribution < -0.4 is 0 Å². The first-order valence-corrected chi connectivity index (χ1v) is 18.2. The Morgan fingerprint density at radius 1 is 0.415 bits per heavy atom. The topological polar surface area (TPSA) is 51.0 Å². The van der Waals surface area contributed by atoms with Gasteiger partial charge in [-0.25, -0.2) is 9.98 Å². The molecule has 0 amide bonds. The van der Waals surface area contributed by atoms with Gasteiger partial charge in [-0.05, 0) is 94.9 Å². The average molecular weight is 683 g/mol. The van der Waals surface area contributed by atoms with Crippen molar-refractivity contribution in [2.24, 2.45) is 15.9 Å². The van der Waals surface area contributed by atoms with Gasteiger partial charge in [0.2, 0.25) is 0 Å². The van der Waals surface area contributed by atoms with Crippen molar-refractivity contribution in [3.63, 3.8) is 0 Å². The molecule has 1 aliphatic heterocycles. The highest BCUT2D eigenvalue weighted by atomic mass is 16.3. The molecule has 0 radical (unpaired) electrons. The van der Waals surface area contributed by atoms with Crippen LogP contribution in [0.4, 0.5) is 0 Å². The predicted octanol–water partition coefficient (Wildman–Crippen LogP) is 13.1. The van der Waals surface area contributed by atoms with Gasteiger partial charge < -0.3 is 8.83 Å². The van der Waals surface area contributed by atoms with E-state index in [9.17, 15) is 0 Å². The van der Waals surface area contributed by atoms with Crippen molar-refractivity contribution in [1.82, 2.24) is 0 Å². The molecule has 4 nitrogen and oxygen atoms in total. The quantitative estimate of drug-likeness (QED) is 0.175. The molecule has 252 valence electrons. The summed E-state index contributed by atoms with van der Waals surface area (Å²) in [5, 5.41) is 4.45.